The third-order valence-corrected chi connectivity index (χ3v) is 4.44. The van der Waals surface area contributed by atoms with Crippen LogP contribution in [0.1, 0.15) is 5.56 Å². The molecule has 23 heavy (non-hydrogen) atoms. The van der Waals surface area contributed by atoms with Crippen LogP contribution in [-0.4, -0.2) is 15.1 Å². The van der Waals surface area contributed by atoms with Crippen molar-refractivity contribution in [2.45, 2.75) is 6.61 Å². The molecule has 0 fully saturated rings. The standard InChI is InChI=1S/C18H12BrFN2O/c19-11-1-4-16-14(6-11)15(8-21-16)17-5-10(9-23)13-3-2-12(20)7-18(13)22-17/h1-8,21,23H,9H2. The molecule has 4 aromatic rings. The van der Waals surface area contributed by atoms with Gasteiger partial charge in [0.05, 0.1) is 17.8 Å². The molecule has 0 bridgehead atoms. The van der Waals surface area contributed by atoms with Crippen LogP contribution in [0.15, 0.2) is 53.1 Å². The van der Waals surface area contributed by atoms with E-state index in [4.69, 9.17) is 0 Å². The predicted molar refractivity (Wildman–Crippen MR) is 92.6 cm³/mol. The number of aliphatic hydroxyl groups excluding tert-OH is 1. The Morgan fingerprint density at radius 1 is 1.09 bits per heavy atom. The first kappa shape index (κ1) is 14.4. The van der Waals surface area contributed by atoms with E-state index in [1.165, 1.54) is 12.1 Å². The van der Waals surface area contributed by atoms with Crippen LogP contribution in [0.5, 0.6) is 0 Å². The molecule has 0 atom stereocenters. The van der Waals surface area contributed by atoms with Crippen LogP contribution in [0.3, 0.4) is 0 Å². The Morgan fingerprint density at radius 3 is 2.78 bits per heavy atom. The van der Waals surface area contributed by atoms with Crippen LogP contribution in [0.2, 0.25) is 0 Å². The van der Waals surface area contributed by atoms with Gasteiger partial charge < -0.3 is 10.1 Å². The number of pyridine rings is 1. The molecule has 0 saturated heterocycles. The highest BCUT2D eigenvalue weighted by Gasteiger charge is 2.12. The molecule has 0 spiro atoms. The van der Waals surface area contributed by atoms with Gasteiger partial charge in [0, 0.05) is 38.6 Å². The predicted octanol–water partition coefficient (Wildman–Crippen LogP) is 4.78. The maximum absolute atomic E-state index is 13.5. The lowest BCUT2D eigenvalue weighted by molar-refractivity contribution is 0.283. The summed E-state index contributed by atoms with van der Waals surface area (Å²) in [6.45, 7) is -0.121. The summed E-state index contributed by atoms with van der Waals surface area (Å²) < 4.78 is 14.5. The van der Waals surface area contributed by atoms with Crippen molar-refractivity contribution in [2.75, 3.05) is 0 Å². The number of halogens is 2. The molecule has 0 saturated carbocycles. The molecule has 5 heteroatoms. The summed E-state index contributed by atoms with van der Waals surface area (Å²) in [6.07, 6.45) is 1.88. The average Bonchev–Trinajstić information content (AvgIpc) is 2.96. The van der Waals surface area contributed by atoms with Crippen LogP contribution in [0.25, 0.3) is 33.1 Å². The molecule has 0 radical (unpaired) electrons. The summed E-state index contributed by atoms with van der Waals surface area (Å²) in [5.74, 6) is -0.340. The molecule has 2 aromatic heterocycles. The molecule has 3 nitrogen and oxygen atoms in total. The molecule has 114 valence electrons. The minimum atomic E-state index is -0.340. The summed E-state index contributed by atoms with van der Waals surface area (Å²) in [6, 6.07) is 12.2. The molecule has 0 aliphatic rings. The van der Waals surface area contributed by atoms with Crippen molar-refractivity contribution in [3.8, 4) is 11.3 Å². The van der Waals surface area contributed by atoms with Crippen LogP contribution >= 0.6 is 15.9 Å². The Hall–Kier alpha value is -2.24. The number of aromatic nitrogens is 2. The Morgan fingerprint density at radius 2 is 1.96 bits per heavy atom. The van der Waals surface area contributed by atoms with Crippen LogP contribution in [-0.2, 0) is 6.61 Å². The molecule has 0 aliphatic carbocycles. The first-order chi connectivity index (χ1) is 11.2. The highest BCUT2D eigenvalue weighted by Crippen LogP contribution is 2.32. The number of fused-ring (bicyclic) bond motifs is 2. The van der Waals surface area contributed by atoms with Crippen molar-refractivity contribution in [1.82, 2.24) is 9.97 Å². The Labute approximate surface area is 139 Å². The van der Waals surface area contributed by atoms with Gasteiger partial charge >= 0.3 is 0 Å². The van der Waals surface area contributed by atoms with E-state index in [2.05, 4.69) is 25.9 Å². The lowest BCUT2D eigenvalue weighted by atomic mass is 10.0. The normalized spacial score (nSPS) is 11.4. The zero-order valence-electron chi connectivity index (χ0n) is 12.0. The molecule has 0 aliphatic heterocycles. The maximum atomic E-state index is 13.5. The van der Waals surface area contributed by atoms with Crippen molar-refractivity contribution in [3.05, 3.63) is 64.5 Å². The Balaban J connectivity index is 2.02. The Kier molecular flexibility index (Phi) is 3.39. The van der Waals surface area contributed by atoms with E-state index in [0.717, 1.165) is 31.9 Å². The smallest absolute Gasteiger partial charge is 0.125 e. The average molecular weight is 371 g/mol. The summed E-state index contributed by atoms with van der Waals surface area (Å²) in [5, 5.41) is 11.4. The van der Waals surface area contributed by atoms with Crippen LogP contribution in [0.4, 0.5) is 4.39 Å². The van der Waals surface area contributed by atoms with Gasteiger partial charge in [-0.05, 0) is 42.0 Å². The van der Waals surface area contributed by atoms with E-state index >= 15 is 0 Å². The molecule has 4 rings (SSSR count). The summed E-state index contributed by atoms with van der Waals surface area (Å²) in [7, 11) is 0. The summed E-state index contributed by atoms with van der Waals surface area (Å²) in [4.78, 5) is 7.79. The Bertz CT molecular complexity index is 1040. The molecular weight excluding hydrogens is 359 g/mol. The van der Waals surface area contributed by atoms with Gasteiger partial charge in [0.2, 0.25) is 0 Å². The van der Waals surface area contributed by atoms with Crippen molar-refractivity contribution >= 4 is 37.7 Å². The van der Waals surface area contributed by atoms with Gasteiger partial charge in [-0.3, -0.25) is 0 Å². The molecule has 2 N–H and O–H groups in total. The van der Waals surface area contributed by atoms with Gasteiger partial charge in [-0.1, -0.05) is 15.9 Å². The second-order valence-corrected chi connectivity index (χ2v) is 6.29. The number of aliphatic hydroxyl groups is 1. The molecule has 0 amide bonds. The third-order valence-electron chi connectivity index (χ3n) is 3.95. The number of nitrogens with zero attached hydrogens (tertiary/aromatic N) is 1. The number of hydrogen-bond acceptors (Lipinski definition) is 2. The van der Waals surface area contributed by atoms with Crippen LogP contribution in [0, 0.1) is 5.82 Å². The van der Waals surface area contributed by atoms with Crippen molar-refractivity contribution in [3.63, 3.8) is 0 Å². The van der Waals surface area contributed by atoms with E-state index in [1.807, 2.05) is 30.5 Å². The first-order valence-electron chi connectivity index (χ1n) is 7.13. The molecule has 0 unspecified atom stereocenters. The fourth-order valence-electron chi connectivity index (χ4n) is 2.85. The number of hydrogen-bond donors (Lipinski definition) is 2. The van der Waals surface area contributed by atoms with Crippen molar-refractivity contribution < 1.29 is 9.50 Å². The van der Waals surface area contributed by atoms with E-state index in [9.17, 15) is 9.50 Å². The minimum absolute atomic E-state index is 0.121. The monoisotopic (exact) mass is 370 g/mol. The molecular formula is C18H12BrFN2O. The lowest BCUT2D eigenvalue weighted by Gasteiger charge is -2.08. The number of H-pyrrole nitrogens is 1. The second-order valence-electron chi connectivity index (χ2n) is 5.38. The number of nitrogens with one attached hydrogen (secondary N) is 1. The summed E-state index contributed by atoms with van der Waals surface area (Å²) >= 11 is 3.48. The largest absolute Gasteiger partial charge is 0.392 e. The lowest BCUT2D eigenvalue weighted by Crippen LogP contribution is -1.93. The number of rotatable bonds is 2. The zero-order chi connectivity index (χ0) is 16.0. The summed E-state index contributed by atoms with van der Waals surface area (Å²) in [5.41, 5.74) is 3.89. The fourth-order valence-corrected chi connectivity index (χ4v) is 3.21. The maximum Gasteiger partial charge on any atom is 0.125 e. The zero-order valence-corrected chi connectivity index (χ0v) is 13.6. The molecule has 2 aromatic carbocycles. The minimum Gasteiger partial charge on any atom is -0.392 e. The first-order valence-corrected chi connectivity index (χ1v) is 7.92. The van der Waals surface area contributed by atoms with Gasteiger partial charge in [-0.25, -0.2) is 9.37 Å². The second kappa shape index (κ2) is 5.44. The highest BCUT2D eigenvalue weighted by molar-refractivity contribution is 9.10. The van der Waals surface area contributed by atoms with E-state index in [0.29, 0.717) is 11.2 Å². The van der Waals surface area contributed by atoms with E-state index in [1.54, 1.807) is 6.07 Å². The van der Waals surface area contributed by atoms with Gasteiger partial charge in [0.25, 0.3) is 0 Å². The van der Waals surface area contributed by atoms with Gasteiger partial charge in [0.15, 0.2) is 0 Å². The SMILES string of the molecule is OCc1cc(-c2c[nH]c3ccc(Br)cc23)nc2cc(F)ccc12. The number of aromatic amines is 1. The highest BCUT2D eigenvalue weighted by atomic mass is 79.9. The molecule has 2 heterocycles. The van der Waals surface area contributed by atoms with Crippen molar-refractivity contribution in [1.29, 1.82) is 0 Å². The van der Waals surface area contributed by atoms with E-state index in [-0.39, 0.29) is 12.4 Å². The van der Waals surface area contributed by atoms with Crippen LogP contribution < -0.4 is 0 Å². The quantitative estimate of drug-likeness (QED) is 0.533. The topological polar surface area (TPSA) is 48.9 Å². The van der Waals surface area contributed by atoms with Crippen molar-refractivity contribution in [2.24, 2.45) is 0 Å². The van der Waals surface area contributed by atoms with Gasteiger partial charge in [0.1, 0.15) is 5.82 Å². The fraction of sp³-hybridized carbons (Fsp3) is 0.0556. The van der Waals surface area contributed by atoms with E-state index < -0.39 is 0 Å². The van der Waals surface area contributed by atoms with Gasteiger partial charge in [-0.15, -0.1) is 0 Å². The third kappa shape index (κ3) is 2.42. The van der Waals surface area contributed by atoms with Gasteiger partial charge in [-0.2, -0.15) is 0 Å². The number of benzene rings is 2.